The number of carbonyl (C=O) groups excluding carboxylic acids is 2. The zero-order valence-corrected chi connectivity index (χ0v) is 14.6. The summed E-state index contributed by atoms with van der Waals surface area (Å²) in [7, 11) is 1.50. The van der Waals surface area contributed by atoms with Crippen molar-refractivity contribution in [1.82, 2.24) is 0 Å². The highest BCUT2D eigenvalue weighted by Gasteiger charge is 2.22. The molecule has 26 heavy (non-hydrogen) atoms. The van der Waals surface area contributed by atoms with Gasteiger partial charge in [-0.1, -0.05) is 12.1 Å². The summed E-state index contributed by atoms with van der Waals surface area (Å²) in [4.78, 5) is 26.1. The van der Waals surface area contributed by atoms with Crippen LogP contribution in [0.1, 0.15) is 17.5 Å². The van der Waals surface area contributed by atoms with Gasteiger partial charge >= 0.3 is 0 Å². The lowest BCUT2D eigenvalue weighted by Crippen LogP contribution is -2.37. The molecule has 1 aliphatic rings. The van der Waals surface area contributed by atoms with Crippen molar-refractivity contribution in [2.75, 3.05) is 30.5 Å². The van der Waals surface area contributed by atoms with Gasteiger partial charge in [0.15, 0.2) is 0 Å². The number of nitrogens with zero attached hydrogens (tertiary/aromatic N) is 1. The molecule has 136 valence electrons. The Hall–Kier alpha value is -2.73. The number of hydrogen-bond acceptors (Lipinski definition) is 3. The summed E-state index contributed by atoms with van der Waals surface area (Å²) in [6.07, 6.45) is 1.90. The van der Waals surface area contributed by atoms with Crippen LogP contribution < -0.4 is 10.2 Å². The first kappa shape index (κ1) is 18.1. The standard InChI is InChI=1S/C20H21FN2O3/c1-26-13-20(25)23-10-2-3-15-12-17(8-9-18(15)23)22-19(24)11-14-4-6-16(21)7-5-14/h4-9,12H,2-3,10-11,13H2,1H3,(H,22,24). The van der Waals surface area contributed by atoms with Crippen molar-refractivity contribution >= 4 is 23.2 Å². The van der Waals surface area contributed by atoms with Gasteiger partial charge in [0.2, 0.25) is 5.91 Å². The Morgan fingerprint density at radius 2 is 1.96 bits per heavy atom. The number of halogens is 1. The number of fused-ring (bicyclic) bond motifs is 1. The average molecular weight is 356 g/mol. The zero-order valence-electron chi connectivity index (χ0n) is 14.6. The van der Waals surface area contributed by atoms with E-state index in [9.17, 15) is 14.0 Å². The van der Waals surface area contributed by atoms with Crippen LogP contribution in [0.25, 0.3) is 0 Å². The highest BCUT2D eigenvalue weighted by atomic mass is 19.1. The second kappa shape index (κ2) is 8.10. The summed E-state index contributed by atoms with van der Waals surface area (Å²) in [5, 5.41) is 2.86. The molecule has 0 aromatic heterocycles. The van der Waals surface area contributed by atoms with E-state index >= 15 is 0 Å². The molecule has 1 heterocycles. The second-order valence-corrected chi connectivity index (χ2v) is 6.28. The third-order valence-electron chi connectivity index (χ3n) is 4.33. The molecule has 2 aromatic rings. The number of carbonyl (C=O) groups is 2. The number of amides is 2. The summed E-state index contributed by atoms with van der Waals surface area (Å²) in [6, 6.07) is 11.4. The van der Waals surface area contributed by atoms with Crippen LogP contribution in [0, 0.1) is 5.82 Å². The molecule has 2 aromatic carbocycles. The maximum atomic E-state index is 12.9. The number of nitrogens with one attached hydrogen (secondary N) is 1. The topological polar surface area (TPSA) is 58.6 Å². The fraction of sp³-hybridized carbons (Fsp3) is 0.300. The smallest absolute Gasteiger partial charge is 0.252 e. The van der Waals surface area contributed by atoms with Crippen molar-refractivity contribution < 1.29 is 18.7 Å². The first-order chi connectivity index (χ1) is 12.6. The van der Waals surface area contributed by atoms with E-state index in [0.29, 0.717) is 12.2 Å². The Bertz CT molecular complexity index is 805. The van der Waals surface area contributed by atoms with Gasteiger partial charge in [0, 0.05) is 25.0 Å². The van der Waals surface area contributed by atoms with Gasteiger partial charge < -0.3 is 15.0 Å². The van der Waals surface area contributed by atoms with Crippen molar-refractivity contribution in [1.29, 1.82) is 0 Å². The molecule has 0 saturated heterocycles. The Kier molecular flexibility index (Phi) is 5.63. The fourth-order valence-electron chi connectivity index (χ4n) is 3.13. The minimum atomic E-state index is -0.323. The molecule has 0 saturated carbocycles. The predicted octanol–water partition coefficient (Wildman–Crippen LogP) is 2.93. The van der Waals surface area contributed by atoms with Crippen LogP contribution in [-0.2, 0) is 27.2 Å². The van der Waals surface area contributed by atoms with Gasteiger partial charge in [0.25, 0.3) is 5.91 Å². The Labute approximate surface area is 151 Å². The highest BCUT2D eigenvalue weighted by molar-refractivity contribution is 5.97. The van der Waals surface area contributed by atoms with E-state index in [4.69, 9.17) is 4.74 Å². The SMILES string of the molecule is COCC(=O)N1CCCc2cc(NC(=O)Cc3ccc(F)cc3)ccc21. The molecular formula is C20H21FN2O3. The van der Waals surface area contributed by atoms with Crippen LogP contribution in [0.2, 0.25) is 0 Å². The van der Waals surface area contributed by atoms with Crippen molar-refractivity contribution in [3.05, 3.63) is 59.4 Å². The molecular weight excluding hydrogens is 335 g/mol. The minimum Gasteiger partial charge on any atom is -0.375 e. The molecule has 3 rings (SSSR count). The average Bonchev–Trinajstić information content (AvgIpc) is 2.63. The first-order valence-corrected chi connectivity index (χ1v) is 8.53. The Morgan fingerprint density at radius 1 is 1.19 bits per heavy atom. The number of methoxy groups -OCH3 is 1. The molecule has 1 N–H and O–H groups in total. The molecule has 0 radical (unpaired) electrons. The van der Waals surface area contributed by atoms with Gasteiger partial charge in [-0.15, -0.1) is 0 Å². The largest absolute Gasteiger partial charge is 0.375 e. The van der Waals surface area contributed by atoms with Gasteiger partial charge in [0.05, 0.1) is 6.42 Å². The molecule has 0 atom stereocenters. The molecule has 0 fully saturated rings. The third-order valence-corrected chi connectivity index (χ3v) is 4.33. The lowest BCUT2D eigenvalue weighted by atomic mass is 10.0. The van der Waals surface area contributed by atoms with Gasteiger partial charge in [0.1, 0.15) is 12.4 Å². The fourth-order valence-corrected chi connectivity index (χ4v) is 3.13. The van der Waals surface area contributed by atoms with Crippen LogP contribution in [0.5, 0.6) is 0 Å². The van der Waals surface area contributed by atoms with E-state index in [1.165, 1.54) is 19.2 Å². The molecule has 6 heteroatoms. The highest BCUT2D eigenvalue weighted by Crippen LogP contribution is 2.30. The van der Waals surface area contributed by atoms with E-state index in [1.54, 1.807) is 23.1 Å². The number of aryl methyl sites for hydroxylation is 1. The molecule has 0 aliphatic carbocycles. The van der Waals surface area contributed by atoms with Crippen LogP contribution in [0.4, 0.5) is 15.8 Å². The van der Waals surface area contributed by atoms with Crippen molar-refractivity contribution in [3.8, 4) is 0 Å². The lowest BCUT2D eigenvalue weighted by Gasteiger charge is -2.29. The summed E-state index contributed by atoms with van der Waals surface area (Å²) < 4.78 is 17.9. The van der Waals surface area contributed by atoms with E-state index in [0.717, 1.165) is 29.7 Å². The monoisotopic (exact) mass is 356 g/mol. The summed E-state index contributed by atoms with van der Waals surface area (Å²) >= 11 is 0. The van der Waals surface area contributed by atoms with E-state index in [2.05, 4.69) is 5.32 Å². The van der Waals surface area contributed by atoms with Crippen molar-refractivity contribution in [2.45, 2.75) is 19.3 Å². The number of hydrogen-bond donors (Lipinski definition) is 1. The predicted molar refractivity (Wildman–Crippen MR) is 97.7 cm³/mol. The van der Waals surface area contributed by atoms with Crippen molar-refractivity contribution in [2.24, 2.45) is 0 Å². The van der Waals surface area contributed by atoms with E-state index < -0.39 is 0 Å². The zero-order chi connectivity index (χ0) is 18.5. The third kappa shape index (κ3) is 4.26. The van der Waals surface area contributed by atoms with Crippen LogP contribution in [0.15, 0.2) is 42.5 Å². The van der Waals surface area contributed by atoms with Gasteiger partial charge in [-0.3, -0.25) is 9.59 Å². The summed E-state index contributed by atoms with van der Waals surface area (Å²) in [6.45, 7) is 0.723. The number of anilines is 2. The quantitative estimate of drug-likeness (QED) is 0.896. The van der Waals surface area contributed by atoms with Gasteiger partial charge in [-0.25, -0.2) is 4.39 Å². The van der Waals surface area contributed by atoms with Crippen LogP contribution >= 0.6 is 0 Å². The number of rotatable bonds is 5. The summed E-state index contributed by atoms with van der Waals surface area (Å²) in [5.41, 5.74) is 3.34. The second-order valence-electron chi connectivity index (χ2n) is 6.28. The first-order valence-electron chi connectivity index (χ1n) is 8.53. The van der Waals surface area contributed by atoms with E-state index in [1.807, 2.05) is 12.1 Å². The van der Waals surface area contributed by atoms with E-state index in [-0.39, 0.29) is 30.7 Å². The van der Waals surface area contributed by atoms with Crippen molar-refractivity contribution in [3.63, 3.8) is 0 Å². The molecule has 1 aliphatic heterocycles. The lowest BCUT2D eigenvalue weighted by molar-refractivity contribution is -0.122. The summed E-state index contributed by atoms with van der Waals surface area (Å²) in [5.74, 6) is -0.558. The molecule has 0 spiro atoms. The molecule has 2 amide bonds. The maximum absolute atomic E-state index is 12.9. The Balaban J connectivity index is 1.69. The maximum Gasteiger partial charge on any atom is 0.252 e. The molecule has 0 bridgehead atoms. The molecule has 5 nitrogen and oxygen atoms in total. The van der Waals surface area contributed by atoms with Gasteiger partial charge in [-0.05, 0) is 54.3 Å². The normalized spacial score (nSPS) is 13.2. The number of ether oxygens (including phenoxy) is 1. The Morgan fingerprint density at radius 3 is 2.69 bits per heavy atom. The minimum absolute atomic E-state index is 0.0512. The molecule has 0 unspecified atom stereocenters. The van der Waals surface area contributed by atoms with Crippen LogP contribution in [-0.4, -0.2) is 32.1 Å². The van der Waals surface area contributed by atoms with Crippen LogP contribution in [0.3, 0.4) is 0 Å². The number of benzene rings is 2. The van der Waals surface area contributed by atoms with Gasteiger partial charge in [-0.2, -0.15) is 0 Å².